The third kappa shape index (κ3) is 7.36. The Bertz CT molecular complexity index is 783. The van der Waals surface area contributed by atoms with Crippen LogP contribution in [0.1, 0.15) is 51.2 Å². The first-order valence-corrected chi connectivity index (χ1v) is 11.2. The molecule has 7 nitrogen and oxygen atoms in total. The molecule has 1 atom stereocenters. The van der Waals surface area contributed by atoms with Gasteiger partial charge in [0.2, 0.25) is 11.8 Å². The molecule has 0 radical (unpaired) electrons. The van der Waals surface area contributed by atoms with Crippen molar-refractivity contribution in [1.82, 2.24) is 20.4 Å². The first-order valence-electron chi connectivity index (χ1n) is 11.2. The van der Waals surface area contributed by atoms with Crippen LogP contribution in [-0.4, -0.2) is 59.8 Å². The summed E-state index contributed by atoms with van der Waals surface area (Å²) >= 11 is 0. The van der Waals surface area contributed by atoms with Crippen LogP contribution in [0, 0.1) is 5.92 Å². The normalized spacial score (nSPS) is 19.0. The molecule has 0 aliphatic carbocycles. The van der Waals surface area contributed by atoms with Crippen LogP contribution in [0.4, 0.5) is 0 Å². The third-order valence-electron chi connectivity index (χ3n) is 5.63. The summed E-state index contributed by atoms with van der Waals surface area (Å²) in [5.41, 5.74) is 2.27. The number of carbonyl (C=O) groups excluding carboxylic acids is 2. The average molecular weight is 541 g/mol. The van der Waals surface area contributed by atoms with E-state index in [1.54, 1.807) is 0 Å². The van der Waals surface area contributed by atoms with Crippen molar-refractivity contribution in [3.8, 4) is 0 Å². The number of hydrogen-bond donors (Lipinski definition) is 2. The van der Waals surface area contributed by atoms with Gasteiger partial charge in [0.05, 0.1) is 6.54 Å². The van der Waals surface area contributed by atoms with Crippen LogP contribution in [0.15, 0.2) is 29.3 Å². The molecule has 2 heterocycles. The summed E-state index contributed by atoms with van der Waals surface area (Å²) in [4.78, 5) is 32.7. The van der Waals surface area contributed by atoms with Crippen molar-refractivity contribution >= 4 is 41.8 Å². The summed E-state index contributed by atoms with van der Waals surface area (Å²) in [6.45, 7) is 10.3. The average Bonchev–Trinajstić information content (AvgIpc) is 3.35. The van der Waals surface area contributed by atoms with Gasteiger partial charge in [-0.15, -0.1) is 24.0 Å². The van der Waals surface area contributed by atoms with Crippen LogP contribution in [0.5, 0.6) is 0 Å². The Balaban J connectivity index is 0.00000341. The molecule has 2 fully saturated rings. The second kappa shape index (κ2) is 12.3. The topological polar surface area (TPSA) is 77.0 Å². The van der Waals surface area contributed by atoms with Gasteiger partial charge < -0.3 is 20.4 Å². The number of likely N-dealkylation sites (tertiary alicyclic amines) is 2. The van der Waals surface area contributed by atoms with Crippen LogP contribution in [-0.2, 0) is 22.7 Å². The van der Waals surface area contributed by atoms with Gasteiger partial charge in [0, 0.05) is 51.1 Å². The van der Waals surface area contributed by atoms with Crippen LogP contribution >= 0.6 is 24.0 Å². The molecule has 8 heteroatoms. The highest BCUT2D eigenvalue weighted by molar-refractivity contribution is 14.0. The fourth-order valence-corrected chi connectivity index (χ4v) is 4.05. The minimum absolute atomic E-state index is 0. The molecular formula is C23H36IN5O2. The lowest BCUT2D eigenvalue weighted by atomic mass is 10.1. The number of carbonyl (C=O) groups is 2. The number of nitrogens with zero attached hydrogens (tertiary/aromatic N) is 3. The van der Waals surface area contributed by atoms with Crippen LogP contribution in [0.3, 0.4) is 0 Å². The van der Waals surface area contributed by atoms with Crippen molar-refractivity contribution in [1.29, 1.82) is 0 Å². The van der Waals surface area contributed by atoms with Gasteiger partial charge in [0.1, 0.15) is 0 Å². The largest absolute Gasteiger partial charge is 0.357 e. The summed E-state index contributed by atoms with van der Waals surface area (Å²) in [5, 5.41) is 6.79. The molecule has 31 heavy (non-hydrogen) atoms. The zero-order valence-electron chi connectivity index (χ0n) is 18.9. The fourth-order valence-electron chi connectivity index (χ4n) is 4.05. The summed E-state index contributed by atoms with van der Waals surface area (Å²) < 4.78 is 0. The zero-order chi connectivity index (χ0) is 21.5. The van der Waals surface area contributed by atoms with Crippen molar-refractivity contribution in [2.75, 3.05) is 26.2 Å². The van der Waals surface area contributed by atoms with Crippen LogP contribution in [0.2, 0.25) is 0 Å². The maximum atomic E-state index is 12.2. The first kappa shape index (κ1) is 25.4. The molecule has 2 aliphatic rings. The molecule has 2 saturated heterocycles. The Morgan fingerprint density at radius 2 is 2.03 bits per heavy atom. The SMILES string of the molecule is CCNC(=NCc1cccc(CN2CCCC2=O)c1)NC1CCN(C(=O)C(C)C)C1.I. The van der Waals surface area contributed by atoms with Crippen LogP contribution < -0.4 is 10.6 Å². The van der Waals surface area contributed by atoms with E-state index in [2.05, 4.69) is 28.8 Å². The van der Waals surface area contributed by atoms with E-state index in [0.717, 1.165) is 56.1 Å². The number of aliphatic imine (C=N–C) groups is 1. The number of hydrogen-bond acceptors (Lipinski definition) is 3. The minimum atomic E-state index is 0. The van der Waals surface area contributed by atoms with E-state index in [-0.39, 0.29) is 47.8 Å². The van der Waals surface area contributed by atoms with Crippen molar-refractivity contribution in [3.05, 3.63) is 35.4 Å². The Morgan fingerprint density at radius 1 is 1.26 bits per heavy atom. The highest BCUT2D eigenvalue weighted by Gasteiger charge is 2.28. The maximum Gasteiger partial charge on any atom is 0.225 e. The Morgan fingerprint density at radius 3 is 2.71 bits per heavy atom. The predicted octanol–water partition coefficient (Wildman–Crippen LogP) is 2.74. The number of amides is 2. The molecule has 172 valence electrons. The summed E-state index contributed by atoms with van der Waals surface area (Å²) in [6.07, 6.45) is 2.56. The summed E-state index contributed by atoms with van der Waals surface area (Å²) in [5.74, 6) is 1.28. The van der Waals surface area contributed by atoms with E-state index in [0.29, 0.717) is 19.5 Å². The molecule has 1 unspecified atom stereocenters. The summed E-state index contributed by atoms with van der Waals surface area (Å²) in [7, 11) is 0. The number of rotatable bonds is 7. The quantitative estimate of drug-likeness (QED) is 0.316. The molecule has 0 spiro atoms. The first-order chi connectivity index (χ1) is 14.5. The molecule has 0 bridgehead atoms. The van der Waals surface area contributed by atoms with E-state index in [1.165, 1.54) is 0 Å². The lowest BCUT2D eigenvalue weighted by Crippen LogP contribution is -2.45. The van der Waals surface area contributed by atoms with Gasteiger partial charge in [-0.3, -0.25) is 9.59 Å². The monoisotopic (exact) mass is 541 g/mol. The second-order valence-corrected chi connectivity index (χ2v) is 8.50. The molecule has 3 rings (SSSR count). The molecule has 0 aromatic heterocycles. The highest BCUT2D eigenvalue weighted by atomic mass is 127. The Kier molecular flexibility index (Phi) is 10.1. The minimum Gasteiger partial charge on any atom is -0.357 e. The molecule has 1 aromatic rings. The van der Waals surface area contributed by atoms with Gasteiger partial charge in [-0.2, -0.15) is 0 Å². The molecular weight excluding hydrogens is 505 g/mol. The standard InChI is InChI=1S/C23H35N5O2.HI/c1-4-24-23(26-20-10-12-28(16-20)22(30)17(2)3)25-14-18-7-5-8-19(13-18)15-27-11-6-9-21(27)29;/h5,7-8,13,17,20H,4,6,9-12,14-16H2,1-3H3,(H2,24,25,26);1H. The highest BCUT2D eigenvalue weighted by Crippen LogP contribution is 2.16. The molecule has 1 aromatic carbocycles. The number of guanidine groups is 1. The maximum absolute atomic E-state index is 12.2. The molecule has 0 saturated carbocycles. The van der Waals surface area contributed by atoms with E-state index in [1.807, 2.05) is 36.6 Å². The summed E-state index contributed by atoms with van der Waals surface area (Å²) in [6, 6.07) is 8.53. The number of benzene rings is 1. The van der Waals surface area contributed by atoms with Crippen molar-refractivity contribution < 1.29 is 9.59 Å². The molecule has 2 aliphatic heterocycles. The Hall–Kier alpha value is -1.84. The molecule has 2 amide bonds. The fraction of sp³-hybridized carbons (Fsp3) is 0.609. The smallest absolute Gasteiger partial charge is 0.225 e. The lowest BCUT2D eigenvalue weighted by molar-refractivity contribution is -0.133. The van der Waals surface area contributed by atoms with Gasteiger partial charge in [0.15, 0.2) is 5.96 Å². The van der Waals surface area contributed by atoms with E-state index in [4.69, 9.17) is 4.99 Å². The van der Waals surface area contributed by atoms with E-state index in [9.17, 15) is 9.59 Å². The van der Waals surface area contributed by atoms with Crippen LogP contribution in [0.25, 0.3) is 0 Å². The number of nitrogens with one attached hydrogen (secondary N) is 2. The predicted molar refractivity (Wildman–Crippen MR) is 134 cm³/mol. The van der Waals surface area contributed by atoms with Gasteiger partial charge in [-0.05, 0) is 30.9 Å². The van der Waals surface area contributed by atoms with Gasteiger partial charge >= 0.3 is 0 Å². The van der Waals surface area contributed by atoms with Crippen molar-refractivity contribution in [2.24, 2.45) is 10.9 Å². The van der Waals surface area contributed by atoms with Crippen molar-refractivity contribution in [2.45, 2.75) is 59.2 Å². The number of halogens is 1. The second-order valence-electron chi connectivity index (χ2n) is 8.50. The van der Waals surface area contributed by atoms with Gasteiger partial charge in [-0.25, -0.2) is 4.99 Å². The van der Waals surface area contributed by atoms with Gasteiger partial charge in [0.25, 0.3) is 0 Å². The molecule has 2 N–H and O–H groups in total. The lowest BCUT2D eigenvalue weighted by Gasteiger charge is -2.20. The zero-order valence-corrected chi connectivity index (χ0v) is 21.2. The van der Waals surface area contributed by atoms with E-state index >= 15 is 0 Å². The van der Waals surface area contributed by atoms with Crippen molar-refractivity contribution in [3.63, 3.8) is 0 Å². The Labute approximate surface area is 203 Å². The van der Waals surface area contributed by atoms with Gasteiger partial charge in [-0.1, -0.05) is 38.1 Å². The van der Waals surface area contributed by atoms with E-state index < -0.39 is 0 Å². The third-order valence-corrected chi connectivity index (χ3v) is 5.63.